The fourth-order valence-corrected chi connectivity index (χ4v) is 1.75. The van der Waals surface area contributed by atoms with Crippen molar-refractivity contribution in [3.63, 3.8) is 0 Å². The molecule has 0 aromatic heterocycles. The molecule has 0 bridgehead atoms. The predicted octanol–water partition coefficient (Wildman–Crippen LogP) is 3.16. The Morgan fingerprint density at radius 2 is 2.36 bits per heavy atom. The highest BCUT2D eigenvalue weighted by molar-refractivity contribution is 5.31. The molecule has 0 heteroatoms. The molecule has 2 aliphatic rings. The van der Waals surface area contributed by atoms with Crippen molar-refractivity contribution in [2.45, 2.75) is 26.7 Å². The van der Waals surface area contributed by atoms with Gasteiger partial charge < -0.3 is 0 Å². The van der Waals surface area contributed by atoms with Gasteiger partial charge in [0.15, 0.2) is 0 Å². The van der Waals surface area contributed by atoms with E-state index in [-0.39, 0.29) is 0 Å². The normalized spacial score (nSPS) is 36.0. The van der Waals surface area contributed by atoms with Crippen LogP contribution in [0, 0.1) is 17.8 Å². The van der Waals surface area contributed by atoms with Crippen LogP contribution in [0.15, 0.2) is 23.8 Å². The second-order valence-corrected chi connectivity index (χ2v) is 3.90. The van der Waals surface area contributed by atoms with Crippen LogP contribution in [0.5, 0.6) is 0 Å². The number of hydrogen-bond donors (Lipinski definition) is 0. The lowest BCUT2D eigenvalue weighted by Crippen LogP contribution is -1.98. The number of rotatable bonds is 2. The lowest BCUT2D eigenvalue weighted by molar-refractivity contribution is 0.660. The third-order valence-electron chi connectivity index (χ3n) is 3.01. The van der Waals surface area contributed by atoms with Crippen LogP contribution in [0.4, 0.5) is 0 Å². The van der Waals surface area contributed by atoms with Crippen LogP contribution >= 0.6 is 0 Å². The van der Waals surface area contributed by atoms with E-state index in [2.05, 4.69) is 32.1 Å². The fourth-order valence-electron chi connectivity index (χ4n) is 1.75. The number of fused-ring (bicyclic) bond motifs is 1. The summed E-state index contributed by atoms with van der Waals surface area (Å²) < 4.78 is 0. The molecule has 1 saturated carbocycles. The zero-order valence-electron chi connectivity index (χ0n) is 7.38. The molecule has 0 radical (unpaired) electrons. The molecule has 60 valence electrons. The molecule has 0 saturated heterocycles. The Hall–Kier alpha value is -0.520. The standard InChI is InChI=1S/C11H16/c1-3-8(2)9-4-5-10-7-11(10)6-9/h4-6,8,10-11H,3,7H2,1-2H3. The van der Waals surface area contributed by atoms with E-state index in [4.69, 9.17) is 0 Å². The highest BCUT2D eigenvalue weighted by Gasteiger charge is 2.35. The number of hydrogen-bond acceptors (Lipinski definition) is 0. The van der Waals surface area contributed by atoms with Crippen LogP contribution in [-0.2, 0) is 0 Å². The molecule has 3 unspecified atom stereocenters. The van der Waals surface area contributed by atoms with Gasteiger partial charge in [-0.15, -0.1) is 0 Å². The summed E-state index contributed by atoms with van der Waals surface area (Å²) in [4.78, 5) is 0. The zero-order valence-corrected chi connectivity index (χ0v) is 7.38. The topological polar surface area (TPSA) is 0 Å². The second kappa shape index (κ2) is 2.51. The summed E-state index contributed by atoms with van der Waals surface area (Å²) in [6, 6.07) is 0. The molecule has 0 N–H and O–H groups in total. The van der Waals surface area contributed by atoms with Gasteiger partial charge in [0.2, 0.25) is 0 Å². The molecule has 0 nitrogen and oxygen atoms in total. The summed E-state index contributed by atoms with van der Waals surface area (Å²) in [5.41, 5.74) is 1.58. The highest BCUT2D eigenvalue weighted by Crippen LogP contribution is 2.45. The first kappa shape index (κ1) is 7.15. The first-order valence-corrected chi connectivity index (χ1v) is 4.71. The summed E-state index contributed by atoms with van der Waals surface area (Å²) in [7, 11) is 0. The second-order valence-electron chi connectivity index (χ2n) is 3.90. The number of allylic oxidation sites excluding steroid dienone is 4. The Balaban J connectivity index is 2.08. The summed E-state index contributed by atoms with van der Waals surface area (Å²) in [6.45, 7) is 4.58. The molecule has 0 amide bonds. The van der Waals surface area contributed by atoms with Crippen molar-refractivity contribution in [2.75, 3.05) is 0 Å². The van der Waals surface area contributed by atoms with Crippen LogP contribution in [0.1, 0.15) is 26.7 Å². The fraction of sp³-hybridized carbons (Fsp3) is 0.636. The third-order valence-corrected chi connectivity index (χ3v) is 3.01. The molecule has 0 aliphatic heterocycles. The summed E-state index contributed by atoms with van der Waals surface area (Å²) >= 11 is 0. The lowest BCUT2D eigenvalue weighted by Gasteiger charge is -2.12. The van der Waals surface area contributed by atoms with E-state index in [1.54, 1.807) is 5.57 Å². The van der Waals surface area contributed by atoms with Crippen molar-refractivity contribution in [2.24, 2.45) is 17.8 Å². The Labute approximate surface area is 69.0 Å². The van der Waals surface area contributed by atoms with Crippen LogP contribution in [0.25, 0.3) is 0 Å². The quantitative estimate of drug-likeness (QED) is 0.564. The van der Waals surface area contributed by atoms with Crippen LogP contribution in [0.3, 0.4) is 0 Å². The molecule has 0 heterocycles. The van der Waals surface area contributed by atoms with Gasteiger partial charge in [-0.2, -0.15) is 0 Å². The van der Waals surface area contributed by atoms with Crippen molar-refractivity contribution in [3.8, 4) is 0 Å². The molecule has 11 heavy (non-hydrogen) atoms. The van der Waals surface area contributed by atoms with E-state index in [9.17, 15) is 0 Å². The predicted molar refractivity (Wildman–Crippen MR) is 48.3 cm³/mol. The van der Waals surface area contributed by atoms with Crippen molar-refractivity contribution in [1.29, 1.82) is 0 Å². The van der Waals surface area contributed by atoms with E-state index in [1.807, 2.05) is 0 Å². The van der Waals surface area contributed by atoms with Gasteiger partial charge in [0.1, 0.15) is 0 Å². The monoisotopic (exact) mass is 148 g/mol. The van der Waals surface area contributed by atoms with Crippen LogP contribution < -0.4 is 0 Å². The van der Waals surface area contributed by atoms with Gasteiger partial charge in [-0.3, -0.25) is 0 Å². The van der Waals surface area contributed by atoms with Gasteiger partial charge in [-0.1, -0.05) is 32.1 Å². The van der Waals surface area contributed by atoms with Gasteiger partial charge in [-0.25, -0.2) is 0 Å². The first-order chi connectivity index (χ1) is 5.31. The molecule has 2 rings (SSSR count). The molecular weight excluding hydrogens is 132 g/mol. The molecule has 2 aliphatic carbocycles. The molecule has 0 aromatic carbocycles. The van der Waals surface area contributed by atoms with Crippen molar-refractivity contribution >= 4 is 0 Å². The lowest BCUT2D eigenvalue weighted by atomic mass is 9.94. The van der Waals surface area contributed by atoms with Crippen LogP contribution in [-0.4, -0.2) is 0 Å². The van der Waals surface area contributed by atoms with E-state index in [0.29, 0.717) is 0 Å². The SMILES string of the molecule is CCC(C)C1=CC2CC2C=C1. The van der Waals surface area contributed by atoms with Crippen molar-refractivity contribution in [3.05, 3.63) is 23.8 Å². The minimum atomic E-state index is 0.771. The molecular formula is C11H16. The molecule has 1 fully saturated rings. The largest absolute Gasteiger partial charge is 0.0805 e. The maximum Gasteiger partial charge on any atom is -0.0158 e. The molecule has 0 aromatic rings. The maximum atomic E-state index is 2.48. The zero-order chi connectivity index (χ0) is 7.84. The Bertz CT molecular complexity index is 210. The van der Waals surface area contributed by atoms with Crippen molar-refractivity contribution in [1.82, 2.24) is 0 Å². The summed E-state index contributed by atoms with van der Waals surface area (Å²) in [6.07, 6.45) is 9.90. The summed E-state index contributed by atoms with van der Waals surface area (Å²) in [5, 5.41) is 0. The minimum absolute atomic E-state index is 0.771. The maximum absolute atomic E-state index is 2.48. The van der Waals surface area contributed by atoms with Gasteiger partial charge >= 0.3 is 0 Å². The van der Waals surface area contributed by atoms with Gasteiger partial charge in [0.25, 0.3) is 0 Å². The Morgan fingerprint density at radius 1 is 1.55 bits per heavy atom. The average Bonchev–Trinajstić information content (AvgIpc) is 2.80. The van der Waals surface area contributed by atoms with Gasteiger partial charge in [0.05, 0.1) is 0 Å². The Morgan fingerprint density at radius 3 is 3.00 bits per heavy atom. The van der Waals surface area contributed by atoms with Gasteiger partial charge in [-0.05, 0) is 36.2 Å². The minimum Gasteiger partial charge on any atom is -0.0805 e. The van der Waals surface area contributed by atoms with E-state index >= 15 is 0 Å². The van der Waals surface area contributed by atoms with Crippen LogP contribution in [0.2, 0.25) is 0 Å². The Kier molecular flexibility index (Phi) is 1.63. The van der Waals surface area contributed by atoms with Crippen molar-refractivity contribution < 1.29 is 0 Å². The summed E-state index contributed by atoms with van der Waals surface area (Å²) in [5.74, 6) is 2.61. The smallest absolute Gasteiger partial charge is 0.0158 e. The molecule has 3 atom stereocenters. The van der Waals surface area contributed by atoms with Gasteiger partial charge in [0, 0.05) is 0 Å². The van der Waals surface area contributed by atoms with E-state index in [0.717, 1.165) is 17.8 Å². The average molecular weight is 148 g/mol. The molecule has 0 spiro atoms. The first-order valence-electron chi connectivity index (χ1n) is 4.71. The highest BCUT2D eigenvalue weighted by atomic mass is 14.4. The van der Waals surface area contributed by atoms with E-state index in [1.165, 1.54) is 12.8 Å². The van der Waals surface area contributed by atoms with E-state index < -0.39 is 0 Å². The third kappa shape index (κ3) is 1.26.